The fourth-order valence-electron chi connectivity index (χ4n) is 4.89. The topological polar surface area (TPSA) is 42.4 Å². The summed E-state index contributed by atoms with van der Waals surface area (Å²) in [6.07, 6.45) is 6.40. The third-order valence-corrected chi connectivity index (χ3v) is 6.70. The molecule has 0 amide bonds. The lowest BCUT2D eigenvalue weighted by molar-refractivity contribution is 0.599. The molecule has 174 valence electrons. The summed E-state index contributed by atoms with van der Waals surface area (Å²) in [6.45, 7) is 4.47. The highest BCUT2D eigenvalue weighted by Crippen LogP contribution is 2.42. The van der Waals surface area contributed by atoms with Gasteiger partial charge in [0.2, 0.25) is 0 Å². The number of rotatable bonds is 4. The second kappa shape index (κ2) is 9.12. The van der Waals surface area contributed by atoms with E-state index >= 15 is 0 Å². The van der Waals surface area contributed by atoms with E-state index in [0.717, 1.165) is 55.9 Å². The summed E-state index contributed by atoms with van der Waals surface area (Å²) in [4.78, 5) is 2.27. The van der Waals surface area contributed by atoms with Crippen LogP contribution in [0, 0.1) is 0 Å². The minimum Gasteiger partial charge on any atom is -0.455 e. The zero-order valence-corrected chi connectivity index (χ0v) is 19.8. The molecule has 0 saturated heterocycles. The Morgan fingerprint density at radius 2 is 1.47 bits per heavy atom. The second-order valence-electron chi connectivity index (χ2n) is 8.90. The molecular weight excluding hydrogens is 440 g/mol. The molecule has 1 aromatic heterocycles. The van der Waals surface area contributed by atoms with Crippen LogP contribution in [0.25, 0.3) is 28.3 Å². The van der Waals surface area contributed by atoms with Crippen molar-refractivity contribution in [1.29, 1.82) is 0 Å². The summed E-state index contributed by atoms with van der Waals surface area (Å²) in [6, 6.07) is 36.9. The number of nitrogens with zero attached hydrogens (tertiary/aromatic N) is 1. The molecule has 1 unspecified atom stereocenters. The number of hydrogen-bond acceptors (Lipinski definition) is 3. The minimum absolute atomic E-state index is 0.142. The standard InChI is InChI=1S/C33H26N2O/c1-23-26-16-8-10-18-30(26)35(21-20-28-27-17-9-11-19-32(27)36-33(23)28)31(25-14-6-3-7-15-25)22-29(34)24-12-4-2-5-13-24/h2-22,31H,1,34H2/b21-20-,29-22-. The molecule has 0 saturated carbocycles. The maximum atomic E-state index is 6.67. The number of fused-ring (bicyclic) bond motifs is 4. The molecule has 6 rings (SSSR count). The Morgan fingerprint density at radius 3 is 2.28 bits per heavy atom. The molecule has 3 heteroatoms. The van der Waals surface area contributed by atoms with E-state index in [-0.39, 0.29) is 6.04 Å². The van der Waals surface area contributed by atoms with Crippen molar-refractivity contribution >= 4 is 34.0 Å². The van der Waals surface area contributed by atoms with E-state index in [1.54, 1.807) is 0 Å². The van der Waals surface area contributed by atoms with Gasteiger partial charge in [0.25, 0.3) is 0 Å². The van der Waals surface area contributed by atoms with E-state index in [1.165, 1.54) is 0 Å². The largest absolute Gasteiger partial charge is 0.455 e. The highest BCUT2D eigenvalue weighted by atomic mass is 16.3. The Kier molecular flexibility index (Phi) is 5.51. The molecule has 2 N–H and O–H groups in total. The van der Waals surface area contributed by atoms with E-state index in [9.17, 15) is 0 Å². The first kappa shape index (κ1) is 21.8. The van der Waals surface area contributed by atoms with Crippen molar-refractivity contribution in [2.45, 2.75) is 6.04 Å². The van der Waals surface area contributed by atoms with Crippen LogP contribution in [0.2, 0.25) is 0 Å². The van der Waals surface area contributed by atoms with E-state index in [2.05, 4.69) is 78.4 Å². The summed E-state index contributed by atoms with van der Waals surface area (Å²) in [5.41, 5.74) is 14.3. The number of para-hydroxylation sites is 2. The Bertz CT molecular complexity index is 1610. The molecule has 4 aromatic carbocycles. The van der Waals surface area contributed by atoms with Gasteiger partial charge < -0.3 is 15.1 Å². The van der Waals surface area contributed by atoms with Crippen molar-refractivity contribution < 1.29 is 4.42 Å². The molecule has 1 aliphatic heterocycles. The Labute approximate surface area is 211 Å². The van der Waals surface area contributed by atoms with Crippen LogP contribution in [0.3, 0.4) is 0 Å². The van der Waals surface area contributed by atoms with Crippen molar-refractivity contribution in [2.24, 2.45) is 5.73 Å². The maximum Gasteiger partial charge on any atom is 0.142 e. The monoisotopic (exact) mass is 466 g/mol. The summed E-state index contributed by atoms with van der Waals surface area (Å²) in [7, 11) is 0. The first-order valence-electron chi connectivity index (χ1n) is 12.0. The number of anilines is 1. The first-order chi connectivity index (χ1) is 17.7. The number of benzene rings is 4. The predicted octanol–water partition coefficient (Wildman–Crippen LogP) is 8.03. The van der Waals surface area contributed by atoms with Gasteiger partial charge in [-0.15, -0.1) is 0 Å². The molecule has 3 nitrogen and oxygen atoms in total. The number of furan rings is 1. The van der Waals surface area contributed by atoms with Gasteiger partial charge in [0.15, 0.2) is 0 Å². The lowest BCUT2D eigenvalue weighted by Crippen LogP contribution is -2.24. The number of hydrogen-bond donors (Lipinski definition) is 1. The van der Waals surface area contributed by atoms with Crippen molar-refractivity contribution in [2.75, 3.05) is 4.90 Å². The molecule has 0 spiro atoms. The van der Waals surface area contributed by atoms with Crippen LogP contribution in [-0.2, 0) is 0 Å². The summed E-state index contributed by atoms with van der Waals surface area (Å²) in [5.74, 6) is 0.801. The first-order valence-corrected chi connectivity index (χ1v) is 12.0. The van der Waals surface area contributed by atoms with Crippen LogP contribution >= 0.6 is 0 Å². The molecule has 0 radical (unpaired) electrons. The van der Waals surface area contributed by atoms with Crippen LogP contribution in [0.5, 0.6) is 0 Å². The zero-order chi connectivity index (χ0) is 24.5. The van der Waals surface area contributed by atoms with Gasteiger partial charge in [0, 0.05) is 39.7 Å². The van der Waals surface area contributed by atoms with Crippen molar-refractivity contribution in [3.05, 3.63) is 156 Å². The SMILES string of the molecule is C=C1c2ccccc2N(C(/C=C(\N)c2ccccc2)c2ccccc2)/C=C\c2c1oc1ccccc21. The molecule has 5 aromatic rings. The number of nitrogens with two attached hydrogens (primary N) is 1. The van der Waals surface area contributed by atoms with Crippen molar-refractivity contribution in [3.63, 3.8) is 0 Å². The Balaban J connectivity index is 1.58. The van der Waals surface area contributed by atoms with E-state index in [1.807, 2.05) is 60.7 Å². The van der Waals surface area contributed by atoms with E-state index in [0.29, 0.717) is 0 Å². The molecule has 2 heterocycles. The van der Waals surface area contributed by atoms with Crippen LogP contribution in [0.15, 0.2) is 132 Å². The highest BCUT2D eigenvalue weighted by molar-refractivity contribution is 5.98. The van der Waals surface area contributed by atoms with E-state index in [4.69, 9.17) is 10.2 Å². The van der Waals surface area contributed by atoms with Crippen molar-refractivity contribution in [3.8, 4) is 0 Å². The average Bonchev–Trinajstić information content (AvgIpc) is 3.30. The van der Waals surface area contributed by atoms with Gasteiger partial charge >= 0.3 is 0 Å². The van der Waals surface area contributed by atoms with Crippen molar-refractivity contribution in [1.82, 2.24) is 0 Å². The van der Waals surface area contributed by atoms with Crippen LogP contribution in [0.1, 0.15) is 34.1 Å². The van der Waals surface area contributed by atoms with E-state index < -0.39 is 0 Å². The van der Waals surface area contributed by atoms with Gasteiger partial charge in [-0.05, 0) is 35.4 Å². The predicted molar refractivity (Wildman–Crippen MR) is 150 cm³/mol. The van der Waals surface area contributed by atoms with Crippen LogP contribution < -0.4 is 10.6 Å². The normalized spacial score (nSPS) is 15.1. The fraction of sp³-hybridized carbons (Fsp3) is 0.0303. The van der Waals surface area contributed by atoms with Gasteiger partial charge in [0.1, 0.15) is 11.3 Å². The minimum atomic E-state index is -0.142. The fourth-order valence-corrected chi connectivity index (χ4v) is 4.89. The molecule has 36 heavy (non-hydrogen) atoms. The molecule has 1 aliphatic rings. The molecule has 0 fully saturated rings. The lowest BCUT2D eigenvalue weighted by Gasteiger charge is -2.32. The summed E-state index contributed by atoms with van der Waals surface area (Å²) >= 11 is 0. The summed E-state index contributed by atoms with van der Waals surface area (Å²) in [5, 5.41) is 1.07. The highest BCUT2D eigenvalue weighted by Gasteiger charge is 2.26. The van der Waals surface area contributed by atoms with Crippen LogP contribution in [0.4, 0.5) is 5.69 Å². The van der Waals surface area contributed by atoms with Gasteiger partial charge in [-0.25, -0.2) is 0 Å². The zero-order valence-electron chi connectivity index (χ0n) is 19.8. The van der Waals surface area contributed by atoms with Gasteiger partial charge in [-0.3, -0.25) is 0 Å². The summed E-state index contributed by atoms with van der Waals surface area (Å²) < 4.78 is 6.30. The molecule has 1 atom stereocenters. The van der Waals surface area contributed by atoms with Gasteiger partial charge in [-0.2, -0.15) is 0 Å². The maximum absolute atomic E-state index is 6.67. The molecule has 0 bridgehead atoms. The molecule has 0 aliphatic carbocycles. The second-order valence-corrected chi connectivity index (χ2v) is 8.90. The Morgan fingerprint density at radius 1 is 0.806 bits per heavy atom. The smallest absolute Gasteiger partial charge is 0.142 e. The molecular formula is C33H26N2O. The van der Waals surface area contributed by atoms with Gasteiger partial charge in [-0.1, -0.05) is 104 Å². The third kappa shape index (κ3) is 3.81. The van der Waals surface area contributed by atoms with Crippen LogP contribution in [-0.4, -0.2) is 0 Å². The lowest BCUT2D eigenvalue weighted by atomic mass is 9.94. The average molecular weight is 467 g/mol. The third-order valence-electron chi connectivity index (χ3n) is 6.70. The van der Waals surface area contributed by atoms with Gasteiger partial charge in [0.05, 0.1) is 6.04 Å². The quantitative estimate of drug-likeness (QED) is 0.291. The Hall–Kier alpha value is -4.76.